The van der Waals surface area contributed by atoms with Crippen LogP contribution in [0.5, 0.6) is 0 Å². The molecule has 1 aliphatic rings. The molecule has 102 valence electrons. The number of benzene rings is 1. The molecule has 2 heterocycles. The zero-order valence-electron chi connectivity index (χ0n) is 11.5. The van der Waals surface area contributed by atoms with Gasteiger partial charge in [0.05, 0.1) is 5.54 Å². The molecular weight excluding hydrogens is 252 g/mol. The van der Waals surface area contributed by atoms with E-state index >= 15 is 0 Å². The van der Waals surface area contributed by atoms with Crippen LogP contribution >= 0.6 is 0 Å². The van der Waals surface area contributed by atoms with Gasteiger partial charge >= 0.3 is 6.09 Å². The quantitative estimate of drug-likeness (QED) is 0.910. The highest BCUT2D eigenvalue weighted by atomic mass is 16.6. The van der Waals surface area contributed by atoms with Gasteiger partial charge in [0.2, 0.25) is 0 Å². The van der Waals surface area contributed by atoms with E-state index in [4.69, 9.17) is 4.74 Å². The van der Waals surface area contributed by atoms with E-state index in [0.717, 1.165) is 16.7 Å². The van der Waals surface area contributed by atoms with E-state index in [1.165, 1.54) is 5.56 Å². The average Bonchev–Trinajstić information content (AvgIpc) is 2.81. The highest BCUT2D eigenvalue weighted by molar-refractivity contribution is 5.72. The van der Waals surface area contributed by atoms with E-state index in [9.17, 15) is 4.79 Å². The molecule has 1 aromatic heterocycles. The molecule has 1 fully saturated rings. The second kappa shape index (κ2) is 4.63. The Morgan fingerprint density at radius 2 is 2.00 bits per heavy atom. The fourth-order valence-corrected chi connectivity index (χ4v) is 2.48. The summed E-state index contributed by atoms with van der Waals surface area (Å²) in [4.78, 5) is 15.3. The number of hydrogen-bond acceptors (Lipinski definition) is 3. The fraction of sp³-hybridized carbons (Fsp3) is 0.250. The lowest BCUT2D eigenvalue weighted by Crippen LogP contribution is -2.37. The van der Waals surface area contributed by atoms with Crippen molar-refractivity contribution in [3.05, 3.63) is 53.9 Å². The number of carbonyl (C=O) groups excluding carboxylic acids is 1. The van der Waals surface area contributed by atoms with Gasteiger partial charge in [-0.25, -0.2) is 4.79 Å². The van der Waals surface area contributed by atoms with E-state index in [2.05, 4.69) is 22.4 Å². The number of nitrogens with one attached hydrogen (secondary N) is 1. The number of aryl methyl sites for hydroxylation is 1. The van der Waals surface area contributed by atoms with Crippen LogP contribution in [0.1, 0.15) is 18.1 Å². The molecule has 0 radical (unpaired) electrons. The van der Waals surface area contributed by atoms with Crippen molar-refractivity contribution < 1.29 is 9.53 Å². The maximum atomic E-state index is 11.2. The predicted molar refractivity (Wildman–Crippen MR) is 76.2 cm³/mol. The minimum absolute atomic E-state index is 0.360. The SMILES string of the molecule is Cc1cnccc1-c1ccc(C2(C)COC(=O)N2)cc1. The predicted octanol–water partition coefficient (Wildman–Crippen LogP) is 3.01. The van der Waals surface area contributed by atoms with Gasteiger partial charge < -0.3 is 10.1 Å². The van der Waals surface area contributed by atoms with Crippen LogP contribution in [0.15, 0.2) is 42.7 Å². The van der Waals surface area contributed by atoms with Crippen molar-refractivity contribution in [1.29, 1.82) is 0 Å². The highest BCUT2D eigenvalue weighted by Crippen LogP contribution is 2.29. The number of ether oxygens (including phenoxy) is 1. The Bertz CT molecular complexity index is 652. The summed E-state index contributed by atoms with van der Waals surface area (Å²) < 4.78 is 5.00. The Morgan fingerprint density at radius 3 is 2.60 bits per heavy atom. The smallest absolute Gasteiger partial charge is 0.408 e. The van der Waals surface area contributed by atoms with Crippen LogP contribution in [0.3, 0.4) is 0 Å². The number of rotatable bonds is 2. The Hall–Kier alpha value is -2.36. The van der Waals surface area contributed by atoms with Gasteiger partial charge in [0, 0.05) is 12.4 Å². The first-order valence-corrected chi connectivity index (χ1v) is 6.55. The molecule has 1 saturated heterocycles. The van der Waals surface area contributed by atoms with Crippen LogP contribution in [-0.2, 0) is 10.3 Å². The van der Waals surface area contributed by atoms with Crippen LogP contribution < -0.4 is 5.32 Å². The minimum atomic E-state index is -0.442. The summed E-state index contributed by atoms with van der Waals surface area (Å²) >= 11 is 0. The molecule has 1 aromatic carbocycles. The lowest BCUT2D eigenvalue weighted by Gasteiger charge is -2.21. The molecule has 3 rings (SSSR count). The van der Waals surface area contributed by atoms with Crippen LogP contribution in [0, 0.1) is 6.92 Å². The van der Waals surface area contributed by atoms with Gasteiger partial charge in [0.25, 0.3) is 0 Å². The maximum absolute atomic E-state index is 11.2. The second-order valence-electron chi connectivity index (χ2n) is 5.30. The minimum Gasteiger partial charge on any atom is -0.447 e. The van der Waals surface area contributed by atoms with E-state index in [0.29, 0.717) is 6.61 Å². The first-order chi connectivity index (χ1) is 9.58. The molecule has 4 nitrogen and oxygen atoms in total. The van der Waals surface area contributed by atoms with Crippen molar-refractivity contribution in [2.75, 3.05) is 6.61 Å². The van der Waals surface area contributed by atoms with Gasteiger partial charge in [-0.05, 0) is 42.2 Å². The summed E-state index contributed by atoms with van der Waals surface area (Å²) in [5.41, 5.74) is 4.05. The number of cyclic esters (lactones) is 1. The van der Waals surface area contributed by atoms with Gasteiger partial charge in [-0.1, -0.05) is 24.3 Å². The van der Waals surface area contributed by atoms with Gasteiger partial charge in [-0.3, -0.25) is 4.98 Å². The summed E-state index contributed by atoms with van der Waals surface area (Å²) in [5.74, 6) is 0. The molecule has 2 aromatic rings. The first kappa shape index (κ1) is 12.7. The standard InChI is InChI=1S/C16H16N2O2/c1-11-9-17-8-7-14(11)12-3-5-13(6-4-12)16(2)10-20-15(19)18-16/h3-9H,10H2,1-2H3,(H,18,19). The lowest BCUT2D eigenvalue weighted by molar-refractivity contribution is 0.173. The summed E-state index contributed by atoms with van der Waals surface area (Å²) in [6.07, 6.45) is 3.29. The molecule has 0 aliphatic carbocycles. The van der Waals surface area contributed by atoms with Gasteiger partial charge in [-0.2, -0.15) is 0 Å². The summed E-state index contributed by atoms with van der Waals surface area (Å²) in [6.45, 7) is 4.37. The van der Waals surface area contributed by atoms with E-state index in [1.807, 2.05) is 38.2 Å². The number of hydrogen-bond donors (Lipinski definition) is 1. The molecule has 1 unspecified atom stereocenters. The second-order valence-corrected chi connectivity index (χ2v) is 5.30. The largest absolute Gasteiger partial charge is 0.447 e. The lowest BCUT2D eigenvalue weighted by atomic mass is 9.91. The van der Waals surface area contributed by atoms with Crippen molar-refractivity contribution >= 4 is 6.09 Å². The molecule has 1 N–H and O–H groups in total. The zero-order valence-corrected chi connectivity index (χ0v) is 11.5. The number of carbonyl (C=O) groups is 1. The zero-order chi connectivity index (χ0) is 14.2. The van der Waals surface area contributed by atoms with Gasteiger partial charge in [0.1, 0.15) is 6.61 Å². The number of aromatic nitrogens is 1. The third-order valence-electron chi connectivity index (χ3n) is 3.72. The van der Waals surface area contributed by atoms with Crippen molar-refractivity contribution in [1.82, 2.24) is 10.3 Å². The van der Waals surface area contributed by atoms with Crippen molar-refractivity contribution in [3.8, 4) is 11.1 Å². The molecule has 1 amide bonds. The molecule has 1 aliphatic heterocycles. The average molecular weight is 268 g/mol. The molecule has 1 atom stereocenters. The van der Waals surface area contributed by atoms with Crippen LogP contribution in [0.25, 0.3) is 11.1 Å². The van der Waals surface area contributed by atoms with Crippen LogP contribution in [-0.4, -0.2) is 17.7 Å². The fourth-order valence-electron chi connectivity index (χ4n) is 2.48. The Morgan fingerprint density at radius 1 is 1.25 bits per heavy atom. The molecule has 4 heteroatoms. The molecule has 0 saturated carbocycles. The van der Waals surface area contributed by atoms with Crippen molar-refractivity contribution in [3.63, 3.8) is 0 Å². The van der Waals surface area contributed by atoms with E-state index in [1.54, 1.807) is 6.20 Å². The van der Waals surface area contributed by atoms with Crippen molar-refractivity contribution in [2.24, 2.45) is 0 Å². The molecule has 20 heavy (non-hydrogen) atoms. The van der Waals surface area contributed by atoms with E-state index in [-0.39, 0.29) is 6.09 Å². The Balaban J connectivity index is 1.93. The van der Waals surface area contributed by atoms with Crippen LogP contribution in [0.4, 0.5) is 4.79 Å². The van der Waals surface area contributed by atoms with Gasteiger partial charge in [-0.15, -0.1) is 0 Å². The molecular formula is C16H16N2O2. The topological polar surface area (TPSA) is 51.2 Å². The first-order valence-electron chi connectivity index (χ1n) is 6.55. The summed E-state index contributed by atoms with van der Waals surface area (Å²) in [7, 11) is 0. The number of amides is 1. The monoisotopic (exact) mass is 268 g/mol. The maximum Gasteiger partial charge on any atom is 0.408 e. The number of pyridine rings is 1. The van der Waals surface area contributed by atoms with E-state index < -0.39 is 5.54 Å². The Labute approximate surface area is 117 Å². The van der Waals surface area contributed by atoms with Crippen LogP contribution in [0.2, 0.25) is 0 Å². The number of nitrogens with zero attached hydrogens (tertiary/aromatic N) is 1. The summed E-state index contributed by atoms with van der Waals surface area (Å²) in [6, 6.07) is 10.2. The molecule has 0 bridgehead atoms. The summed E-state index contributed by atoms with van der Waals surface area (Å²) in [5, 5.41) is 2.85. The van der Waals surface area contributed by atoms with Gasteiger partial charge in [0.15, 0.2) is 0 Å². The third-order valence-corrected chi connectivity index (χ3v) is 3.72. The highest BCUT2D eigenvalue weighted by Gasteiger charge is 2.36. The Kier molecular flexibility index (Phi) is 2.93. The molecule has 0 spiro atoms. The normalized spacial score (nSPS) is 21.4. The van der Waals surface area contributed by atoms with Crippen molar-refractivity contribution in [2.45, 2.75) is 19.4 Å². The number of alkyl carbamates (subject to hydrolysis) is 1. The third kappa shape index (κ3) is 2.13.